The second kappa shape index (κ2) is 3.74. The molecule has 3 nitrogen and oxygen atoms in total. The number of hydrogen-bond donors (Lipinski definition) is 1. The molecule has 0 atom stereocenters. The van der Waals surface area contributed by atoms with Crippen LogP contribution in [0.5, 0.6) is 0 Å². The van der Waals surface area contributed by atoms with E-state index in [1.165, 1.54) is 6.07 Å². The van der Waals surface area contributed by atoms with Crippen LogP contribution in [0.15, 0.2) is 16.6 Å². The second-order valence-corrected chi connectivity index (χ2v) is 3.28. The fraction of sp³-hybridized carbons (Fsp3) is 0. The minimum atomic E-state index is -0.401. The SMILES string of the molecule is Nc1n[n-]c2cc(Br)cc(F)c12.[Re]. The molecular formula is C7H4BrFN3Re-. The Hall–Kier alpha value is -0.438. The average molecular weight is 415 g/mol. The van der Waals surface area contributed by atoms with Gasteiger partial charge in [-0.05, 0) is 6.07 Å². The molecule has 0 unspecified atom stereocenters. The van der Waals surface area contributed by atoms with Gasteiger partial charge < -0.3 is 15.9 Å². The van der Waals surface area contributed by atoms with Gasteiger partial charge in [0.1, 0.15) is 11.6 Å². The third kappa shape index (κ3) is 1.75. The molecule has 2 rings (SSSR count). The maximum atomic E-state index is 13.2. The van der Waals surface area contributed by atoms with E-state index in [0.29, 0.717) is 15.4 Å². The first-order valence-electron chi connectivity index (χ1n) is 3.22. The molecule has 69 valence electrons. The minimum Gasteiger partial charge on any atom is -0.573 e. The van der Waals surface area contributed by atoms with Gasteiger partial charge in [-0.25, -0.2) is 4.39 Å². The predicted molar refractivity (Wildman–Crippen MR) is 47.1 cm³/mol. The van der Waals surface area contributed by atoms with Crippen molar-refractivity contribution in [3.8, 4) is 0 Å². The van der Waals surface area contributed by atoms with Crippen LogP contribution in [0, 0.1) is 5.82 Å². The Bertz CT molecular complexity index is 442. The smallest absolute Gasteiger partial charge is 0.133 e. The minimum absolute atomic E-state index is 0. The standard InChI is InChI=1S/C7H4BrFN3.Re/c8-3-1-4(9)6-5(2-3)11-12-7(6)10;/h1-2H,(H2-,10,11,12);/q-1;. The molecule has 2 N–H and O–H groups in total. The molecule has 0 bridgehead atoms. The number of nitrogens with zero attached hydrogens (tertiary/aromatic N) is 2. The van der Waals surface area contributed by atoms with E-state index < -0.39 is 5.82 Å². The summed E-state index contributed by atoms with van der Waals surface area (Å²) in [6.07, 6.45) is 0. The van der Waals surface area contributed by atoms with E-state index >= 15 is 0 Å². The van der Waals surface area contributed by atoms with E-state index in [9.17, 15) is 4.39 Å². The molecule has 0 amide bonds. The molecule has 0 spiro atoms. The number of fused-ring (bicyclic) bond motifs is 1. The maximum absolute atomic E-state index is 13.2. The summed E-state index contributed by atoms with van der Waals surface area (Å²) in [7, 11) is 0. The van der Waals surface area contributed by atoms with E-state index in [1.54, 1.807) is 6.07 Å². The molecule has 1 aromatic heterocycles. The van der Waals surface area contributed by atoms with E-state index in [1.807, 2.05) is 0 Å². The van der Waals surface area contributed by atoms with Gasteiger partial charge in [-0.3, -0.25) is 0 Å². The summed E-state index contributed by atoms with van der Waals surface area (Å²) in [6, 6.07) is 3.00. The summed E-state index contributed by atoms with van der Waals surface area (Å²) in [5.74, 6) is -0.267. The molecule has 1 heterocycles. The van der Waals surface area contributed by atoms with Crippen molar-refractivity contribution in [3.05, 3.63) is 22.4 Å². The maximum Gasteiger partial charge on any atom is 0.133 e. The van der Waals surface area contributed by atoms with Gasteiger partial charge in [-0.1, -0.05) is 22.0 Å². The van der Waals surface area contributed by atoms with Crippen molar-refractivity contribution >= 4 is 32.7 Å². The van der Waals surface area contributed by atoms with Crippen LogP contribution in [0.2, 0.25) is 0 Å². The Morgan fingerprint density at radius 3 is 2.85 bits per heavy atom. The van der Waals surface area contributed by atoms with Crippen LogP contribution < -0.4 is 10.8 Å². The molecule has 0 saturated carbocycles. The normalized spacial score (nSPS) is 10.0. The Morgan fingerprint density at radius 2 is 2.15 bits per heavy atom. The number of nitrogen functional groups attached to an aromatic ring is 1. The van der Waals surface area contributed by atoms with Gasteiger partial charge >= 0.3 is 0 Å². The third-order valence-corrected chi connectivity index (χ3v) is 2.01. The topological polar surface area (TPSA) is 53.0 Å². The fourth-order valence-corrected chi connectivity index (χ4v) is 1.47. The number of halogens is 2. The van der Waals surface area contributed by atoms with Gasteiger partial charge in [0.2, 0.25) is 0 Å². The number of benzene rings is 1. The van der Waals surface area contributed by atoms with Crippen LogP contribution >= 0.6 is 15.9 Å². The molecule has 0 fully saturated rings. The summed E-state index contributed by atoms with van der Waals surface area (Å²) >= 11 is 3.14. The molecular weight excluding hydrogens is 411 g/mol. The molecule has 1 radical (unpaired) electrons. The van der Waals surface area contributed by atoms with Crippen LogP contribution in [0.4, 0.5) is 10.2 Å². The summed E-state index contributed by atoms with van der Waals surface area (Å²) in [5, 5.41) is 7.55. The van der Waals surface area contributed by atoms with E-state index in [2.05, 4.69) is 26.1 Å². The Balaban J connectivity index is 0.000000845. The van der Waals surface area contributed by atoms with Crippen molar-refractivity contribution in [2.75, 3.05) is 5.73 Å². The Labute approximate surface area is 95.7 Å². The van der Waals surface area contributed by atoms with Crippen LogP contribution in [-0.4, -0.2) is 5.10 Å². The summed E-state index contributed by atoms with van der Waals surface area (Å²) in [5.41, 5.74) is 5.87. The molecule has 0 aliphatic carbocycles. The van der Waals surface area contributed by atoms with Crippen molar-refractivity contribution in [3.63, 3.8) is 0 Å². The number of hydrogen-bond acceptors (Lipinski definition) is 2. The largest absolute Gasteiger partial charge is 0.573 e. The number of nitrogens with two attached hydrogens (primary N) is 1. The van der Waals surface area contributed by atoms with Gasteiger partial charge in [-0.15, -0.1) is 5.52 Å². The number of anilines is 1. The predicted octanol–water partition coefficient (Wildman–Crippen LogP) is 1.67. The molecule has 2 aromatic rings. The number of aromatic nitrogens is 2. The van der Waals surface area contributed by atoms with Gasteiger partial charge in [-0.2, -0.15) is 0 Å². The molecule has 0 saturated heterocycles. The van der Waals surface area contributed by atoms with E-state index in [0.717, 1.165) is 0 Å². The zero-order valence-electron chi connectivity index (χ0n) is 6.26. The third-order valence-electron chi connectivity index (χ3n) is 1.56. The van der Waals surface area contributed by atoms with Crippen molar-refractivity contribution in [1.29, 1.82) is 0 Å². The van der Waals surface area contributed by atoms with E-state index in [4.69, 9.17) is 5.73 Å². The Morgan fingerprint density at radius 1 is 1.46 bits per heavy atom. The van der Waals surface area contributed by atoms with Crippen LogP contribution in [0.3, 0.4) is 0 Å². The summed E-state index contributed by atoms with van der Waals surface area (Å²) < 4.78 is 13.8. The van der Waals surface area contributed by atoms with Gasteiger partial charge in [0.15, 0.2) is 0 Å². The van der Waals surface area contributed by atoms with Crippen molar-refractivity contribution in [2.24, 2.45) is 0 Å². The van der Waals surface area contributed by atoms with Crippen LogP contribution in [0.25, 0.3) is 10.9 Å². The first kappa shape index (κ1) is 10.6. The van der Waals surface area contributed by atoms with Crippen molar-refractivity contribution in [2.45, 2.75) is 0 Å². The quantitative estimate of drug-likeness (QED) is 0.713. The van der Waals surface area contributed by atoms with E-state index in [-0.39, 0.29) is 26.2 Å². The van der Waals surface area contributed by atoms with Crippen molar-refractivity contribution in [1.82, 2.24) is 10.2 Å². The summed E-state index contributed by atoms with van der Waals surface area (Å²) in [4.78, 5) is 0. The monoisotopic (exact) mass is 415 g/mol. The van der Waals surface area contributed by atoms with Crippen LogP contribution in [0.1, 0.15) is 0 Å². The molecule has 0 aliphatic heterocycles. The van der Waals surface area contributed by atoms with Crippen molar-refractivity contribution < 1.29 is 24.8 Å². The summed E-state index contributed by atoms with van der Waals surface area (Å²) in [6.45, 7) is 0. The zero-order chi connectivity index (χ0) is 8.72. The first-order chi connectivity index (χ1) is 5.68. The molecule has 13 heavy (non-hydrogen) atoms. The average Bonchev–Trinajstić information content (AvgIpc) is 2.31. The van der Waals surface area contributed by atoms with Gasteiger partial charge in [0, 0.05) is 30.3 Å². The zero-order valence-corrected chi connectivity index (χ0v) is 10.6. The fourth-order valence-electron chi connectivity index (χ4n) is 1.05. The first-order valence-corrected chi connectivity index (χ1v) is 4.01. The molecule has 0 aliphatic rings. The number of rotatable bonds is 0. The molecule has 6 heteroatoms. The van der Waals surface area contributed by atoms with Gasteiger partial charge in [0.05, 0.1) is 0 Å². The second-order valence-electron chi connectivity index (χ2n) is 2.37. The molecule has 1 aromatic carbocycles. The van der Waals surface area contributed by atoms with Gasteiger partial charge in [0.25, 0.3) is 0 Å². The Kier molecular flexibility index (Phi) is 3.06. The van der Waals surface area contributed by atoms with Crippen LogP contribution in [-0.2, 0) is 20.4 Å².